The van der Waals surface area contributed by atoms with Crippen LogP contribution >= 0.6 is 0 Å². The van der Waals surface area contributed by atoms with Gasteiger partial charge in [-0.05, 0) is 60.2 Å². The summed E-state index contributed by atoms with van der Waals surface area (Å²) in [6, 6.07) is 12.2. The van der Waals surface area contributed by atoms with E-state index in [1.165, 1.54) is 12.1 Å². The summed E-state index contributed by atoms with van der Waals surface area (Å²) in [6.45, 7) is 7.28. The molecule has 0 bridgehead atoms. The van der Waals surface area contributed by atoms with Crippen LogP contribution in [0.2, 0.25) is 0 Å². The Labute approximate surface area is 188 Å². The molecule has 0 aliphatic carbocycles. The van der Waals surface area contributed by atoms with Crippen molar-refractivity contribution in [3.05, 3.63) is 83.2 Å². The van der Waals surface area contributed by atoms with Crippen LogP contribution in [0.3, 0.4) is 0 Å². The topological polar surface area (TPSA) is 47.4 Å². The summed E-state index contributed by atoms with van der Waals surface area (Å²) in [7, 11) is 1.64. The first-order chi connectivity index (χ1) is 15.3. The second kappa shape index (κ2) is 8.61. The molecule has 0 N–H and O–H groups in total. The number of hydrogen-bond donors (Lipinski definition) is 0. The highest BCUT2D eigenvalue weighted by Crippen LogP contribution is 2.38. The molecule has 5 nitrogen and oxygen atoms in total. The highest BCUT2D eigenvalue weighted by Gasteiger charge is 2.36. The number of carbonyl (C=O) groups excluding carboxylic acids is 1. The van der Waals surface area contributed by atoms with Gasteiger partial charge in [-0.1, -0.05) is 32.0 Å². The summed E-state index contributed by atoms with van der Waals surface area (Å²) in [4.78, 5) is 19.5. The molecule has 3 aromatic rings. The molecular weight excluding hydrogens is 405 g/mol. The lowest BCUT2D eigenvalue weighted by Crippen LogP contribution is -2.43. The molecule has 4 rings (SSSR count). The number of piperidine rings is 1. The number of rotatable bonds is 5. The first-order valence-electron chi connectivity index (χ1n) is 10.7. The Morgan fingerprint density at radius 1 is 1.19 bits per heavy atom. The second-order valence-corrected chi connectivity index (χ2v) is 8.90. The molecule has 2 heterocycles. The minimum atomic E-state index is -0.274. The molecule has 1 aliphatic heterocycles. The smallest absolute Gasteiger partial charge is 0.250 e. The maximum absolute atomic E-state index is 13.4. The SMILES string of the molecule is COc1cc(C=C2C(=O)N(Cc3ccc(F)cc3)CCC2(C)C)ccc1-n1cnc(C)c1. The van der Waals surface area contributed by atoms with Crippen LogP contribution in [0, 0.1) is 18.2 Å². The summed E-state index contributed by atoms with van der Waals surface area (Å²) in [5.74, 6) is 0.448. The Bertz CT molecular complexity index is 1160. The van der Waals surface area contributed by atoms with Gasteiger partial charge < -0.3 is 14.2 Å². The molecule has 1 saturated heterocycles. The van der Waals surface area contributed by atoms with Gasteiger partial charge in [0.15, 0.2) is 0 Å². The lowest BCUT2D eigenvalue weighted by Gasteiger charge is -2.39. The minimum Gasteiger partial charge on any atom is -0.495 e. The van der Waals surface area contributed by atoms with Crippen molar-refractivity contribution in [2.45, 2.75) is 33.7 Å². The quantitative estimate of drug-likeness (QED) is 0.522. The van der Waals surface area contributed by atoms with E-state index in [1.807, 2.05) is 46.9 Å². The highest BCUT2D eigenvalue weighted by atomic mass is 19.1. The molecule has 1 aromatic heterocycles. The summed E-state index contributed by atoms with van der Waals surface area (Å²) in [5, 5.41) is 0. The van der Waals surface area contributed by atoms with E-state index in [1.54, 1.807) is 25.6 Å². The van der Waals surface area contributed by atoms with Crippen LogP contribution in [0.4, 0.5) is 4.39 Å². The van der Waals surface area contributed by atoms with Crippen molar-refractivity contribution in [3.8, 4) is 11.4 Å². The largest absolute Gasteiger partial charge is 0.495 e. The lowest BCUT2D eigenvalue weighted by molar-refractivity contribution is -0.131. The van der Waals surface area contributed by atoms with E-state index in [2.05, 4.69) is 18.8 Å². The summed E-state index contributed by atoms with van der Waals surface area (Å²) in [5.41, 5.74) is 4.16. The van der Waals surface area contributed by atoms with Gasteiger partial charge in [-0.15, -0.1) is 0 Å². The Balaban J connectivity index is 1.64. The van der Waals surface area contributed by atoms with Crippen molar-refractivity contribution < 1.29 is 13.9 Å². The van der Waals surface area contributed by atoms with Gasteiger partial charge >= 0.3 is 0 Å². The summed E-state index contributed by atoms with van der Waals surface area (Å²) in [6.07, 6.45) is 6.52. The van der Waals surface area contributed by atoms with Crippen molar-refractivity contribution >= 4 is 12.0 Å². The van der Waals surface area contributed by atoms with E-state index in [9.17, 15) is 9.18 Å². The third-order valence-electron chi connectivity index (χ3n) is 6.04. The fourth-order valence-corrected chi connectivity index (χ4v) is 4.05. The predicted molar refractivity (Wildman–Crippen MR) is 123 cm³/mol. The molecular formula is C26H28FN3O2. The second-order valence-electron chi connectivity index (χ2n) is 8.90. The van der Waals surface area contributed by atoms with Crippen molar-refractivity contribution in [3.63, 3.8) is 0 Å². The van der Waals surface area contributed by atoms with E-state index in [-0.39, 0.29) is 17.1 Å². The monoisotopic (exact) mass is 433 g/mol. The Kier molecular flexibility index (Phi) is 5.87. The van der Waals surface area contributed by atoms with Crippen LogP contribution in [0.5, 0.6) is 5.75 Å². The number of likely N-dealkylation sites (tertiary alicyclic amines) is 1. The average molecular weight is 434 g/mol. The lowest BCUT2D eigenvalue weighted by atomic mass is 9.76. The van der Waals surface area contributed by atoms with Gasteiger partial charge in [0, 0.05) is 24.9 Å². The third kappa shape index (κ3) is 4.44. The van der Waals surface area contributed by atoms with Crippen molar-refractivity contribution in [2.24, 2.45) is 5.41 Å². The predicted octanol–water partition coefficient (Wildman–Crippen LogP) is 5.17. The minimum absolute atomic E-state index is 0.0128. The number of hydrogen-bond acceptors (Lipinski definition) is 3. The van der Waals surface area contributed by atoms with Crippen molar-refractivity contribution in [1.29, 1.82) is 0 Å². The number of benzene rings is 2. The highest BCUT2D eigenvalue weighted by molar-refractivity contribution is 6.00. The Morgan fingerprint density at radius 3 is 2.59 bits per heavy atom. The maximum atomic E-state index is 13.4. The van der Waals surface area contributed by atoms with Gasteiger partial charge in [0.2, 0.25) is 0 Å². The molecule has 1 aliphatic rings. The van der Waals surface area contributed by atoms with Gasteiger partial charge in [0.1, 0.15) is 11.6 Å². The van der Waals surface area contributed by atoms with Gasteiger partial charge in [0.25, 0.3) is 5.91 Å². The molecule has 6 heteroatoms. The zero-order valence-corrected chi connectivity index (χ0v) is 18.9. The molecule has 166 valence electrons. The molecule has 0 unspecified atom stereocenters. The van der Waals surface area contributed by atoms with Crippen molar-refractivity contribution in [2.75, 3.05) is 13.7 Å². The van der Waals surface area contributed by atoms with E-state index < -0.39 is 0 Å². The molecule has 1 amide bonds. The third-order valence-corrected chi connectivity index (χ3v) is 6.04. The zero-order valence-electron chi connectivity index (χ0n) is 18.9. The number of ether oxygens (including phenoxy) is 1. The molecule has 0 atom stereocenters. The number of amides is 1. The molecule has 2 aromatic carbocycles. The van der Waals surface area contributed by atoms with Gasteiger partial charge in [-0.3, -0.25) is 4.79 Å². The fraction of sp³-hybridized carbons (Fsp3) is 0.308. The van der Waals surface area contributed by atoms with E-state index >= 15 is 0 Å². The van der Waals surface area contributed by atoms with E-state index in [4.69, 9.17) is 4.74 Å². The summed E-state index contributed by atoms with van der Waals surface area (Å²) < 4.78 is 20.8. The van der Waals surface area contributed by atoms with Crippen LogP contribution in [0.15, 0.2) is 60.6 Å². The zero-order chi connectivity index (χ0) is 22.9. The normalized spacial score (nSPS) is 17.1. The number of aromatic nitrogens is 2. The molecule has 0 radical (unpaired) electrons. The van der Waals surface area contributed by atoms with Crippen LogP contribution < -0.4 is 4.74 Å². The summed E-state index contributed by atoms with van der Waals surface area (Å²) >= 11 is 0. The maximum Gasteiger partial charge on any atom is 0.250 e. The van der Waals surface area contributed by atoms with Crippen LogP contribution in [0.25, 0.3) is 11.8 Å². The Hall–Kier alpha value is -3.41. The first-order valence-corrected chi connectivity index (χ1v) is 10.7. The van der Waals surface area contributed by atoms with Gasteiger partial charge in [-0.25, -0.2) is 9.37 Å². The standard InChI is InChI=1S/C26H28FN3O2/c1-18-15-30(17-28-18)23-10-7-20(14-24(23)32-4)13-22-25(31)29(12-11-26(22,2)3)16-19-5-8-21(27)9-6-19/h5-10,13-15,17H,11-12,16H2,1-4H3. The number of nitrogens with zero attached hydrogens (tertiary/aromatic N) is 3. The number of halogens is 1. The van der Waals surface area contributed by atoms with E-state index in [0.717, 1.165) is 34.5 Å². The molecule has 1 fully saturated rings. The van der Waals surface area contributed by atoms with E-state index in [0.29, 0.717) is 18.8 Å². The van der Waals surface area contributed by atoms with Gasteiger partial charge in [0.05, 0.1) is 24.8 Å². The molecule has 32 heavy (non-hydrogen) atoms. The van der Waals surface area contributed by atoms with Crippen LogP contribution in [-0.2, 0) is 11.3 Å². The number of carbonyl (C=O) groups is 1. The van der Waals surface area contributed by atoms with Crippen molar-refractivity contribution in [1.82, 2.24) is 14.5 Å². The Morgan fingerprint density at radius 2 is 1.94 bits per heavy atom. The fourth-order valence-electron chi connectivity index (χ4n) is 4.05. The number of aryl methyl sites for hydroxylation is 1. The van der Waals surface area contributed by atoms with Crippen LogP contribution in [-0.4, -0.2) is 34.0 Å². The number of imidazole rings is 1. The molecule has 0 saturated carbocycles. The number of methoxy groups -OCH3 is 1. The van der Waals surface area contributed by atoms with Gasteiger partial charge in [-0.2, -0.15) is 0 Å². The van der Waals surface area contributed by atoms with Crippen LogP contribution in [0.1, 0.15) is 37.1 Å². The first kappa shape index (κ1) is 21.8. The average Bonchev–Trinajstić information content (AvgIpc) is 3.20. The molecule has 0 spiro atoms.